The average molecular weight is 250 g/mol. The Balaban J connectivity index is 2.39. The molecule has 2 aromatic rings. The summed E-state index contributed by atoms with van der Waals surface area (Å²) >= 11 is 6.01. The van der Waals surface area contributed by atoms with Crippen LogP contribution in [0.2, 0.25) is 5.02 Å². The molecule has 0 aliphatic heterocycles. The summed E-state index contributed by atoms with van der Waals surface area (Å²) in [5.41, 5.74) is 9.88. The Labute approximate surface area is 106 Å². The molecule has 0 radical (unpaired) electrons. The van der Waals surface area contributed by atoms with Gasteiger partial charge in [0.1, 0.15) is 0 Å². The first-order chi connectivity index (χ1) is 8.11. The molecule has 1 aromatic carbocycles. The molecule has 0 amide bonds. The summed E-state index contributed by atoms with van der Waals surface area (Å²) in [6.07, 6.45) is 2.74. The fourth-order valence-electron chi connectivity index (χ4n) is 1.86. The molecule has 1 aromatic heterocycles. The number of rotatable bonds is 3. The minimum atomic E-state index is 0.672. The quantitative estimate of drug-likeness (QED) is 0.909. The zero-order valence-corrected chi connectivity index (χ0v) is 10.8. The highest BCUT2D eigenvalue weighted by atomic mass is 35.5. The van der Waals surface area contributed by atoms with Crippen LogP contribution in [0.5, 0.6) is 0 Å². The first kappa shape index (κ1) is 12.1. The molecule has 0 aliphatic carbocycles. The number of nitrogens with zero attached hydrogens (tertiary/aromatic N) is 2. The highest BCUT2D eigenvalue weighted by molar-refractivity contribution is 6.31. The summed E-state index contributed by atoms with van der Waals surface area (Å²) < 4.78 is 1.82. The molecule has 90 valence electrons. The van der Waals surface area contributed by atoms with Crippen LogP contribution in [0.1, 0.15) is 16.8 Å². The van der Waals surface area contributed by atoms with Crippen molar-refractivity contribution < 1.29 is 0 Å². The van der Waals surface area contributed by atoms with Gasteiger partial charge >= 0.3 is 0 Å². The molecule has 2 rings (SSSR count). The van der Waals surface area contributed by atoms with Gasteiger partial charge in [0.05, 0.1) is 16.4 Å². The zero-order chi connectivity index (χ0) is 12.4. The predicted octanol–water partition coefficient (Wildman–Crippen LogP) is 2.64. The van der Waals surface area contributed by atoms with E-state index in [0.717, 1.165) is 17.8 Å². The fourth-order valence-corrected chi connectivity index (χ4v) is 1.99. The van der Waals surface area contributed by atoms with E-state index < -0.39 is 0 Å². The predicted molar refractivity (Wildman–Crippen MR) is 70.8 cm³/mol. The van der Waals surface area contributed by atoms with E-state index in [1.807, 2.05) is 17.8 Å². The van der Waals surface area contributed by atoms with Crippen molar-refractivity contribution in [1.29, 1.82) is 0 Å². The van der Waals surface area contributed by atoms with E-state index in [1.165, 1.54) is 11.1 Å². The molecule has 0 unspecified atom stereocenters. The lowest BCUT2D eigenvalue weighted by Crippen LogP contribution is -2.04. The molecule has 17 heavy (non-hydrogen) atoms. The van der Waals surface area contributed by atoms with Gasteiger partial charge in [-0.2, -0.15) is 5.10 Å². The molecular formula is C13H16ClN3. The maximum absolute atomic E-state index is 6.01. The molecule has 0 fully saturated rings. The standard InChI is InChI=1S/C13H16ClN3/c1-9-7-11(5-6-15)3-4-13(9)17-8-12(14)10(2)16-17/h3-4,7-8H,5-6,15H2,1-2H3. The molecule has 2 N–H and O–H groups in total. The number of aromatic nitrogens is 2. The Morgan fingerprint density at radius 1 is 1.35 bits per heavy atom. The Hall–Kier alpha value is -1.32. The number of hydrogen-bond acceptors (Lipinski definition) is 2. The van der Waals surface area contributed by atoms with Crippen molar-refractivity contribution in [3.05, 3.63) is 46.2 Å². The van der Waals surface area contributed by atoms with Crippen molar-refractivity contribution in [3.8, 4) is 5.69 Å². The van der Waals surface area contributed by atoms with Crippen molar-refractivity contribution in [2.75, 3.05) is 6.54 Å². The van der Waals surface area contributed by atoms with Gasteiger partial charge in [0, 0.05) is 6.20 Å². The van der Waals surface area contributed by atoms with Crippen LogP contribution in [0.4, 0.5) is 0 Å². The summed E-state index contributed by atoms with van der Waals surface area (Å²) in [5.74, 6) is 0. The van der Waals surface area contributed by atoms with Gasteiger partial charge in [0.2, 0.25) is 0 Å². The number of benzene rings is 1. The van der Waals surface area contributed by atoms with Gasteiger partial charge in [0.25, 0.3) is 0 Å². The fraction of sp³-hybridized carbons (Fsp3) is 0.308. The van der Waals surface area contributed by atoms with Crippen molar-refractivity contribution in [1.82, 2.24) is 9.78 Å². The van der Waals surface area contributed by atoms with Crippen LogP contribution in [0.15, 0.2) is 24.4 Å². The third-order valence-electron chi connectivity index (χ3n) is 2.78. The Kier molecular flexibility index (Phi) is 3.50. The van der Waals surface area contributed by atoms with Crippen molar-refractivity contribution in [3.63, 3.8) is 0 Å². The van der Waals surface area contributed by atoms with Crippen LogP contribution in [-0.4, -0.2) is 16.3 Å². The van der Waals surface area contributed by atoms with Crippen molar-refractivity contribution in [2.24, 2.45) is 5.73 Å². The number of aryl methyl sites for hydroxylation is 2. The van der Waals surface area contributed by atoms with Gasteiger partial charge in [-0.15, -0.1) is 0 Å². The summed E-state index contributed by atoms with van der Waals surface area (Å²) in [6.45, 7) is 4.64. The van der Waals surface area contributed by atoms with E-state index in [-0.39, 0.29) is 0 Å². The van der Waals surface area contributed by atoms with Crippen molar-refractivity contribution >= 4 is 11.6 Å². The van der Waals surface area contributed by atoms with E-state index in [0.29, 0.717) is 11.6 Å². The molecule has 0 spiro atoms. The normalized spacial score (nSPS) is 10.8. The smallest absolute Gasteiger partial charge is 0.0819 e. The molecule has 0 bridgehead atoms. The van der Waals surface area contributed by atoms with Gasteiger partial charge in [-0.05, 0) is 44.0 Å². The lowest BCUT2D eigenvalue weighted by atomic mass is 10.1. The lowest BCUT2D eigenvalue weighted by Gasteiger charge is -2.08. The Bertz CT molecular complexity index is 512. The summed E-state index contributed by atoms with van der Waals surface area (Å²) in [5, 5.41) is 5.07. The topological polar surface area (TPSA) is 43.8 Å². The zero-order valence-electron chi connectivity index (χ0n) is 10.1. The third-order valence-corrected chi connectivity index (χ3v) is 3.15. The maximum Gasteiger partial charge on any atom is 0.0819 e. The van der Waals surface area contributed by atoms with Crippen molar-refractivity contribution in [2.45, 2.75) is 20.3 Å². The largest absolute Gasteiger partial charge is 0.330 e. The molecule has 3 nitrogen and oxygen atoms in total. The van der Waals surface area contributed by atoms with E-state index in [2.05, 4.69) is 30.2 Å². The van der Waals surface area contributed by atoms with Gasteiger partial charge in [-0.25, -0.2) is 4.68 Å². The second kappa shape index (κ2) is 4.90. The first-order valence-corrected chi connectivity index (χ1v) is 6.01. The average Bonchev–Trinajstić information content (AvgIpc) is 2.59. The summed E-state index contributed by atoms with van der Waals surface area (Å²) in [7, 11) is 0. The van der Waals surface area contributed by atoms with Crippen LogP contribution in [0.25, 0.3) is 5.69 Å². The van der Waals surface area contributed by atoms with E-state index in [4.69, 9.17) is 17.3 Å². The highest BCUT2D eigenvalue weighted by Gasteiger charge is 2.06. The van der Waals surface area contributed by atoms with Crippen LogP contribution >= 0.6 is 11.6 Å². The number of hydrogen-bond donors (Lipinski definition) is 1. The van der Waals surface area contributed by atoms with E-state index in [1.54, 1.807) is 0 Å². The van der Waals surface area contributed by atoms with Crippen LogP contribution in [0.3, 0.4) is 0 Å². The molecule has 1 heterocycles. The number of halogens is 1. The van der Waals surface area contributed by atoms with E-state index in [9.17, 15) is 0 Å². The van der Waals surface area contributed by atoms with Crippen LogP contribution in [0, 0.1) is 13.8 Å². The minimum Gasteiger partial charge on any atom is -0.330 e. The highest BCUT2D eigenvalue weighted by Crippen LogP contribution is 2.20. The van der Waals surface area contributed by atoms with E-state index >= 15 is 0 Å². The number of nitrogens with two attached hydrogens (primary N) is 1. The molecule has 0 atom stereocenters. The monoisotopic (exact) mass is 249 g/mol. The molecule has 4 heteroatoms. The second-order valence-corrected chi connectivity index (χ2v) is 4.57. The van der Waals surface area contributed by atoms with Gasteiger partial charge in [-0.1, -0.05) is 23.7 Å². The molecular weight excluding hydrogens is 234 g/mol. The summed E-state index contributed by atoms with van der Waals surface area (Å²) in [4.78, 5) is 0. The van der Waals surface area contributed by atoms with Crippen LogP contribution in [-0.2, 0) is 6.42 Å². The van der Waals surface area contributed by atoms with Crippen LogP contribution < -0.4 is 5.73 Å². The molecule has 0 saturated heterocycles. The Morgan fingerprint density at radius 2 is 2.12 bits per heavy atom. The molecule has 0 saturated carbocycles. The maximum atomic E-state index is 6.01. The molecule has 0 aliphatic rings. The second-order valence-electron chi connectivity index (χ2n) is 4.17. The first-order valence-electron chi connectivity index (χ1n) is 5.63. The van der Waals surface area contributed by atoms with Gasteiger partial charge < -0.3 is 5.73 Å². The SMILES string of the molecule is Cc1cc(CCN)ccc1-n1cc(Cl)c(C)n1. The Morgan fingerprint density at radius 3 is 2.65 bits per heavy atom. The summed E-state index contributed by atoms with van der Waals surface area (Å²) in [6, 6.07) is 6.29. The van der Waals surface area contributed by atoms with Gasteiger partial charge in [-0.3, -0.25) is 0 Å². The van der Waals surface area contributed by atoms with Gasteiger partial charge in [0.15, 0.2) is 0 Å². The third kappa shape index (κ3) is 2.51. The lowest BCUT2D eigenvalue weighted by molar-refractivity contribution is 0.853. The minimum absolute atomic E-state index is 0.672.